The van der Waals surface area contributed by atoms with Crippen LogP contribution >= 0.6 is 11.3 Å². The quantitative estimate of drug-likeness (QED) is 0.514. The van der Waals surface area contributed by atoms with Crippen molar-refractivity contribution in [3.8, 4) is 0 Å². The lowest BCUT2D eigenvalue weighted by Crippen LogP contribution is -1.86. The van der Waals surface area contributed by atoms with Crippen LogP contribution in [0.3, 0.4) is 0 Å². The second-order valence-corrected chi connectivity index (χ2v) is 3.20. The minimum atomic E-state index is 1.23. The highest BCUT2D eigenvalue weighted by Gasteiger charge is 2.02. The van der Waals surface area contributed by atoms with Crippen LogP contribution in [0.4, 0.5) is 0 Å². The minimum Gasteiger partial charge on any atom is -0.144 e. The minimum absolute atomic E-state index is 1.23. The van der Waals surface area contributed by atoms with E-state index in [1.807, 2.05) is 11.3 Å². The van der Waals surface area contributed by atoms with Crippen molar-refractivity contribution in [1.29, 1.82) is 0 Å². The number of hydrogen-bond donors (Lipinski definition) is 0. The average molecular weight is 136 g/mol. The molecule has 2 rings (SSSR count). The SMILES string of the molecule is C1=Cc2sccc2CC1. The van der Waals surface area contributed by atoms with Crippen molar-refractivity contribution >= 4 is 17.4 Å². The van der Waals surface area contributed by atoms with Crippen molar-refractivity contribution in [3.05, 3.63) is 28.0 Å². The Balaban J connectivity index is 2.53. The summed E-state index contributed by atoms with van der Waals surface area (Å²) in [5, 5.41) is 2.17. The van der Waals surface area contributed by atoms with E-state index in [0.717, 1.165) is 0 Å². The van der Waals surface area contributed by atoms with Gasteiger partial charge in [-0.3, -0.25) is 0 Å². The van der Waals surface area contributed by atoms with Crippen molar-refractivity contribution in [1.82, 2.24) is 0 Å². The summed E-state index contributed by atoms with van der Waals surface area (Å²) in [4.78, 5) is 1.46. The molecule has 0 unspecified atom stereocenters. The average Bonchev–Trinajstić information content (AvgIpc) is 2.33. The fourth-order valence-electron chi connectivity index (χ4n) is 1.13. The molecule has 0 saturated heterocycles. The molecule has 0 spiro atoms. The van der Waals surface area contributed by atoms with Gasteiger partial charge in [-0.15, -0.1) is 11.3 Å². The van der Waals surface area contributed by atoms with Gasteiger partial charge in [0.15, 0.2) is 0 Å². The summed E-state index contributed by atoms with van der Waals surface area (Å²) in [6.07, 6.45) is 6.95. The molecule has 0 amide bonds. The van der Waals surface area contributed by atoms with E-state index in [2.05, 4.69) is 23.6 Å². The monoisotopic (exact) mass is 136 g/mol. The number of allylic oxidation sites excluding steroid dienone is 1. The maximum atomic E-state index is 2.25. The number of hydrogen-bond acceptors (Lipinski definition) is 1. The summed E-state index contributed by atoms with van der Waals surface area (Å²) >= 11 is 1.84. The third kappa shape index (κ3) is 0.815. The Morgan fingerprint density at radius 2 is 2.44 bits per heavy atom. The Morgan fingerprint density at radius 3 is 3.33 bits per heavy atom. The van der Waals surface area contributed by atoms with Crippen molar-refractivity contribution in [2.75, 3.05) is 0 Å². The molecule has 0 aromatic carbocycles. The topological polar surface area (TPSA) is 0 Å². The normalized spacial score (nSPS) is 15.6. The second kappa shape index (κ2) is 1.99. The van der Waals surface area contributed by atoms with Gasteiger partial charge in [-0.1, -0.05) is 6.08 Å². The largest absolute Gasteiger partial charge is 0.144 e. The van der Waals surface area contributed by atoms with Gasteiger partial charge >= 0.3 is 0 Å². The molecule has 0 radical (unpaired) electrons. The zero-order valence-electron chi connectivity index (χ0n) is 5.13. The Labute approximate surface area is 58.8 Å². The molecular formula is C8H8S. The molecule has 1 aromatic rings. The van der Waals surface area contributed by atoms with Crippen LogP contribution in [0, 0.1) is 0 Å². The predicted octanol–water partition coefficient (Wildman–Crippen LogP) is 2.71. The van der Waals surface area contributed by atoms with Gasteiger partial charge in [-0.25, -0.2) is 0 Å². The van der Waals surface area contributed by atoms with E-state index in [1.165, 1.54) is 23.3 Å². The maximum absolute atomic E-state index is 2.25. The molecule has 0 N–H and O–H groups in total. The summed E-state index contributed by atoms with van der Waals surface area (Å²) < 4.78 is 0. The molecule has 1 heterocycles. The van der Waals surface area contributed by atoms with Gasteiger partial charge in [0.25, 0.3) is 0 Å². The van der Waals surface area contributed by atoms with Crippen molar-refractivity contribution in [2.45, 2.75) is 12.8 Å². The van der Waals surface area contributed by atoms with E-state index in [0.29, 0.717) is 0 Å². The lowest BCUT2D eigenvalue weighted by atomic mass is 10.1. The van der Waals surface area contributed by atoms with Gasteiger partial charge in [-0.2, -0.15) is 0 Å². The fourth-order valence-corrected chi connectivity index (χ4v) is 2.00. The molecule has 1 aliphatic carbocycles. The number of fused-ring (bicyclic) bond motifs is 1. The van der Waals surface area contributed by atoms with Crippen LogP contribution in [0.25, 0.3) is 6.08 Å². The maximum Gasteiger partial charge on any atom is 0.0299 e. The molecule has 0 atom stereocenters. The summed E-state index contributed by atoms with van der Waals surface area (Å²) in [6.45, 7) is 0. The Kier molecular flexibility index (Phi) is 1.16. The third-order valence-corrected chi connectivity index (χ3v) is 2.55. The van der Waals surface area contributed by atoms with Crippen molar-refractivity contribution in [3.63, 3.8) is 0 Å². The van der Waals surface area contributed by atoms with Crippen molar-refractivity contribution < 1.29 is 0 Å². The molecular weight excluding hydrogens is 128 g/mol. The predicted molar refractivity (Wildman–Crippen MR) is 41.7 cm³/mol. The lowest BCUT2D eigenvalue weighted by molar-refractivity contribution is 0.996. The van der Waals surface area contributed by atoms with Gasteiger partial charge in [0.05, 0.1) is 0 Å². The molecule has 0 fully saturated rings. The first kappa shape index (κ1) is 5.24. The van der Waals surface area contributed by atoms with Crippen LogP contribution in [-0.4, -0.2) is 0 Å². The summed E-state index contributed by atoms with van der Waals surface area (Å²) in [7, 11) is 0. The summed E-state index contributed by atoms with van der Waals surface area (Å²) in [6, 6.07) is 2.23. The first-order valence-corrected chi connectivity index (χ1v) is 4.08. The van der Waals surface area contributed by atoms with Crippen LogP contribution < -0.4 is 0 Å². The smallest absolute Gasteiger partial charge is 0.0299 e. The summed E-state index contributed by atoms with van der Waals surface area (Å²) in [5.74, 6) is 0. The highest BCUT2D eigenvalue weighted by atomic mass is 32.1. The first-order chi connectivity index (χ1) is 4.47. The van der Waals surface area contributed by atoms with E-state index in [4.69, 9.17) is 0 Å². The zero-order chi connectivity index (χ0) is 6.10. The standard InChI is InChI=1S/C8H8S/c1-2-4-8-7(3-1)5-6-9-8/h2,4-6H,1,3H2. The molecule has 0 saturated carbocycles. The molecule has 1 aliphatic rings. The summed E-state index contributed by atoms with van der Waals surface area (Å²) in [5.41, 5.74) is 1.53. The van der Waals surface area contributed by atoms with Crippen LogP contribution in [0.1, 0.15) is 16.9 Å². The van der Waals surface area contributed by atoms with E-state index >= 15 is 0 Å². The zero-order valence-corrected chi connectivity index (χ0v) is 5.95. The number of aryl methyl sites for hydroxylation is 1. The van der Waals surface area contributed by atoms with E-state index in [9.17, 15) is 0 Å². The van der Waals surface area contributed by atoms with E-state index < -0.39 is 0 Å². The second-order valence-electron chi connectivity index (χ2n) is 2.25. The van der Waals surface area contributed by atoms with E-state index in [-0.39, 0.29) is 0 Å². The van der Waals surface area contributed by atoms with Gasteiger partial charge in [0.1, 0.15) is 0 Å². The number of rotatable bonds is 0. The Hall–Kier alpha value is -0.560. The number of thiophene rings is 1. The molecule has 0 aliphatic heterocycles. The Morgan fingerprint density at radius 1 is 1.44 bits per heavy atom. The van der Waals surface area contributed by atoms with Gasteiger partial charge < -0.3 is 0 Å². The molecule has 0 nitrogen and oxygen atoms in total. The molecule has 1 aromatic heterocycles. The van der Waals surface area contributed by atoms with Crippen LogP contribution in [0.15, 0.2) is 17.5 Å². The highest BCUT2D eigenvalue weighted by Crippen LogP contribution is 2.23. The van der Waals surface area contributed by atoms with Gasteiger partial charge in [0.2, 0.25) is 0 Å². The van der Waals surface area contributed by atoms with Crippen LogP contribution in [0.2, 0.25) is 0 Å². The van der Waals surface area contributed by atoms with Gasteiger partial charge in [0, 0.05) is 4.88 Å². The fraction of sp³-hybridized carbons (Fsp3) is 0.250. The molecule has 46 valence electrons. The lowest BCUT2D eigenvalue weighted by Gasteiger charge is -2.01. The first-order valence-electron chi connectivity index (χ1n) is 3.20. The van der Waals surface area contributed by atoms with E-state index in [1.54, 1.807) is 0 Å². The van der Waals surface area contributed by atoms with Gasteiger partial charge in [-0.05, 0) is 35.9 Å². The molecule has 0 bridgehead atoms. The van der Waals surface area contributed by atoms with Crippen LogP contribution in [-0.2, 0) is 6.42 Å². The highest BCUT2D eigenvalue weighted by molar-refractivity contribution is 7.11. The van der Waals surface area contributed by atoms with Crippen molar-refractivity contribution in [2.24, 2.45) is 0 Å². The third-order valence-electron chi connectivity index (χ3n) is 1.63. The van der Waals surface area contributed by atoms with Crippen LogP contribution in [0.5, 0.6) is 0 Å². The molecule has 9 heavy (non-hydrogen) atoms. The Bertz CT molecular complexity index is 232. The molecule has 1 heteroatoms.